The summed E-state index contributed by atoms with van der Waals surface area (Å²) >= 11 is 8.55. The number of methoxy groups -OCH3 is 1. The number of benzene rings is 2. The van der Waals surface area contributed by atoms with Crippen LogP contribution in [0.2, 0.25) is 0 Å². The number of rotatable bonds is 5. The lowest BCUT2D eigenvalue weighted by molar-refractivity contribution is 0.185. The van der Waals surface area contributed by atoms with Crippen LogP contribution in [0.4, 0.5) is 11.4 Å². The molecule has 0 bridgehead atoms. The van der Waals surface area contributed by atoms with Crippen molar-refractivity contribution in [1.82, 2.24) is 0 Å². The van der Waals surface area contributed by atoms with Crippen LogP contribution in [0.1, 0.15) is 11.1 Å². The third kappa shape index (κ3) is 3.56. The maximum atomic E-state index is 5.77. The molecule has 0 radical (unpaired) electrons. The van der Waals surface area contributed by atoms with Crippen molar-refractivity contribution in [1.29, 1.82) is 0 Å². The second-order valence-corrected chi connectivity index (χ2v) is 5.62. The van der Waals surface area contributed by atoms with E-state index in [1.165, 1.54) is 0 Å². The number of para-hydroxylation sites is 1. The van der Waals surface area contributed by atoms with Crippen molar-refractivity contribution < 1.29 is 4.74 Å². The highest BCUT2D eigenvalue weighted by Gasteiger charge is 2.08. The summed E-state index contributed by atoms with van der Waals surface area (Å²) in [6.07, 6.45) is 0. The summed E-state index contributed by atoms with van der Waals surface area (Å²) in [6, 6.07) is 13.7. The molecule has 0 saturated heterocycles. The second kappa shape index (κ2) is 6.83. The molecule has 104 valence electrons. The predicted molar refractivity (Wildman–Crippen MR) is 90.5 cm³/mol. The Labute approximate surface area is 132 Å². The highest BCUT2D eigenvalue weighted by Crippen LogP contribution is 2.27. The van der Waals surface area contributed by atoms with Crippen LogP contribution in [0, 0.1) is 0 Å². The molecule has 3 N–H and O–H groups in total. The summed E-state index contributed by atoms with van der Waals surface area (Å²) in [5, 5.41) is 3.37. The lowest BCUT2D eigenvalue weighted by Crippen LogP contribution is -2.12. The molecule has 20 heavy (non-hydrogen) atoms. The third-order valence-electron chi connectivity index (χ3n) is 2.83. The predicted octanol–water partition coefficient (Wildman–Crippen LogP) is 3.97. The minimum Gasteiger partial charge on any atom is -0.389 e. The van der Waals surface area contributed by atoms with Crippen LogP contribution >= 0.6 is 28.1 Å². The first kappa shape index (κ1) is 15.0. The van der Waals surface area contributed by atoms with E-state index in [0.717, 1.165) is 27.0 Å². The standard InChI is InChI=1S/C15H15BrN2OS/c1-19-9-10-4-2-3-5-13(10)18-14-8-11(16)6-7-12(14)15(17)20/h2-8,18H,9H2,1H3,(H2,17,20). The van der Waals surface area contributed by atoms with E-state index in [0.29, 0.717) is 11.6 Å². The van der Waals surface area contributed by atoms with Crippen LogP contribution in [0.5, 0.6) is 0 Å². The number of anilines is 2. The minimum atomic E-state index is 0.365. The van der Waals surface area contributed by atoms with Crippen LogP contribution in [0.25, 0.3) is 0 Å². The van der Waals surface area contributed by atoms with Crippen LogP contribution < -0.4 is 11.1 Å². The van der Waals surface area contributed by atoms with E-state index in [4.69, 9.17) is 22.7 Å². The number of nitrogens with two attached hydrogens (primary N) is 1. The van der Waals surface area contributed by atoms with Crippen LogP contribution in [0.15, 0.2) is 46.9 Å². The molecule has 2 aromatic carbocycles. The number of hydrogen-bond donors (Lipinski definition) is 2. The van der Waals surface area contributed by atoms with Gasteiger partial charge in [0.05, 0.1) is 6.61 Å². The Bertz CT molecular complexity index is 631. The summed E-state index contributed by atoms with van der Waals surface area (Å²) in [4.78, 5) is 0.365. The molecule has 0 aliphatic heterocycles. The quantitative estimate of drug-likeness (QED) is 0.800. The first-order valence-corrected chi connectivity index (χ1v) is 7.25. The van der Waals surface area contributed by atoms with Crippen molar-refractivity contribution in [3.05, 3.63) is 58.1 Å². The number of ether oxygens (including phenoxy) is 1. The summed E-state index contributed by atoms with van der Waals surface area (Å²) in [7, 11) is 1.68. The van der Waals surface area contributed by atoms with Crippen molar-refractivity contribution in [2.75, 3.05) is 12.4 Å². The Morgan fingerprint density at radius 2 is 2.00 bits per heavy atom. The Morgan fingerprint density at radius 1 is 1.25 bits per heavy atom. The van der Waals surface area contributed by atoms with Crippen molar-refractivity contribution >= 4 is 44.5 Å². The lowest BCUT2D eigenvalue weighted by Gasteiger charge is -2.15. The van der Waals surface area contributed by atoms with Gasteiger partial charge >= 0.3 is 0 Å². The largest absolute Gasteiger partial charge is 0.389 e. The molecule has 0 aliphatic rings. The lowest BCUT2D eigenvalue weighted by atomic mass is 10.1. The van der Waals surface area contributed by atoms with Gasteiger partial charge in [0.15, 0.2) is 0 Å². The summed E-state index contributed by atoms with van der Waals surface area (Å²) in [6.45, 7) is 0.541. The molecule has 0 saturated carbocycles. The summed E-state index contributed by atoms with van der Waals surface area (Å²) in [5.41, 5.74) is 9.50. The van der Waals surface area contributed by atoms with Gasteiger partial charge < -0.3 is 15.8 Å². The van der Waals surface area contributed by atoms with Crippen LogP contribution in [0.3, 0.4) is 0 Å². The van der Waals surface area contributed by atoms with Gasteiger partial charge in [-0.05, 0) is 24.3 Å². The van der Waals surface area contributed by atoms with Crippen LogP contribution in [-0.2, 0) is 11.3 Å². The molecule has 5 heteroatoms. The molecule has 2 rings (SSSR count). The van der Waals surface area contributed by atoms with Crippen molar-refractivity contribution in [2.24, 2.45) is 5.73 Å². The van der Waals surface area contributed by atoms with Gasteiger partial charge in [0.2, 0.25) is 0 Å². The fourth-order valence-electron chi connectivity index (χ4n) is 1.90. The topological polar surface area (TPSA) is 47.3 Å². The maximum absolute atomic E-state index is 5.77. The third-order valence-corrected chi connectivity index (χ3v) is 3.55. The highest BCUT2D eigenvalue weighted by molar-refractivity contribution is 9.10. The monoisotopic (exact) mass is 350 g/mol. The average molecular weight is 351 g/mol. The Hall–Kier alpha value is -1.43. The summed E-state index contributed by atoms with van der Waals surface area (Å²) < 4.78 is 6.17. The van der Waals surface area contributed by atoms with Gasteiger partial charge in [-0.3, -0.25) is 0 Å². The van der Waals surface area contributed by atoms with E-state index in [1.807, 2.05) is 42.5 Å². The summed E-state index contributed by atoms with van der Waals surface area (Å²) in [5.74, 6) is 0. The molecular weight excluding hydrogens is 336 g/mol. The fourth-order valence-corrected chi connectivity index (χ4v) is 2.44. The van der Waals surface area contributed by atoms with E-state index in [2.05, 4.69) is 21.2 Å². The number of nitrogens with one attached hydrogen (secondary N) is 1. The van der Waals surface area contributed by atoms with Gasteiger partial charge in [-0.25, -0.2) is 0 Å². The van der Waals surface area contributed by atoms with Gasteiger partial charge in [0, 0.05) is 34.1 Å². The molecule has 0 spiro atoms. The molecule has 0 atom stereocenters. The maximum Gasteiger partial charge on any atom is 0.106 e. The number of thiocarbonyl (C=S) groups is 1. The zero-order chi connectivity index (χ0) is 14.5. The molecule has 0 aromatic heterocycles. The number of halogens is 1. The van der Waals surface area contributed by atoms with Gasteiger partial charge in [-0.15, -0.1) is 0 Å². The van der Waals surface area contributed by atoms with E-state index in [1.54, 1.807) is 7.11 Å². The second-order valence-electron chi connectivity index (χ2n) is 4.27. The Kier molecular flexibility index (Phi) is 5.11. The van der Waals surface area contributed by atoms with Crippen molar-refractivity contribution in [3.8, 4) is 0 Å². The SMILES string of the molecule is COCc1ccccc1Nc1cc(Br)ccc1C(N)=S. The van der Waals surface area contributed by atoms with E-state index < -0.39 is 0 Å². The zero-order valence-electron chi connectivity index (χ0n) is 11.0. The molecule has 0 unspecified atom stereocenters. The Balaban J connectivity index is 2.39. The molecule has 0 amide bonds. The van der Waals surface area contributed by atoms with Crippen molar-refractivity contribution in [2.45, 2.75) is 6.61 Å². The van der Waals surface area contributed by atoms with Gasteiger partial charge in [0.25, 0.3) is 0 Å². The molecule has 0 aliphatic carbocycles. The molecule has 0 fully saturated rings. The van der Waals surface area contributed by atoms with Crippen LogP contribution in [-0.4, -0.2) is 12.1 Å². The van der Waals surface area contributed by atoms with E-state index in [-0.39, 0.29) is 0 Å². The van der Waals surface area contributed by atoms with Gasteiger partial charge in [-0.2, -0.15) is 0 Å². The molecular formula is C15H15BrN2OS. The first-order valence-electron chi connectivity index (χ1n) is 6.05. The number of hydrogen-bond acceptors (Lipinski definition) is 3. The molecule has 2 aromatic rings. The smallest absolute Gasteiger partial charge is 0.106 e. The normalized spacial score (nSPS) is 10.3. The first-order chi connectivity index (χ1) is 9.61. The van der Waals surface area contributed by atoms with Crippen molar-refractivity contribution in [3.63, 3.8) is 0 Å². The van der Waals surface area contributed by atoms with E-state index in [9.17, 15) is 0 Å². The van der Waals surface area contributed by atoms with Gasteiger partial charge in [-0.1, -0.05) is 46.3 Å². The highest BCUT2D eigenvalue weighted by atomic mass is 79.9. The molecule has 0 heterocycles. The average Bonchev–Trinajstić information content (AvgIpc) is 2.41. The zero-order valence-corrected chi connectivity index (χ0v) is 13.4. The fraction of sp³-hybridized carbons (Fsp3) is 0.133. The minimum absolute atomic E-state index is 0.365. The van der Waals surface area contributed by atoms with E-state index >= 15 is 0 Å². The Morgan fingerprint density at radius 3 is 2.70 bits per heavy atom. The molecule has 3 nitrogen and oxygen atoms in total. The van der Waals surface area contributed by atoms with Gasteiger partial charge in [0.1, 0.15) is 4.99 Å².